The van der Waals surface area contributed by atoms with Crippen LogP contribution in [0.5, 0.6) is 0 Å². The molecule has 212 valence electrons. The lowest BCUT2D eigenvalue weighted by Crippen LogP contribution is -2.73. The Morgan fingerprint density at radius 3 is 1.49 bits per heavy atom. The molecule has 1 aliphatic heterocycles. The van der Waals surface area contributed by atoms with Crippen LogP contribution in [0.25, 0.3) is 0 Å². The van der Waals surface area contributed by atoms with Gasteiger partial charge in [0.05, 0.1) is 33.0 Å². The van der Waals surface area contributed by atoms with E-state index in [-0.39, 0.29) is 33.0 Å². The first-order valence-corrected chi connectivity index (χ1v) is 13.7. The number of ether oxygens (including phenoxy) is 4. The van der Waals surface area contributed by atoms with Crippen molar-refractivity contribution in [2.24, 2.45) is 0 Å². The third-order valence-corrected chi connectivity index (χ3v) is 6.93. The summed E-state index contributed by atoms with van der Waals surface area (Å²) < 4.78 is 24.8. The summed E-state index contributed by atoms with van der Waals surface area (Å²) in [6, 6.07) is 38.6. The minimum Gasteiger partial charge on any atom is -0.372 e. The molecule has 0 bridgehead atoms. The number of benzene rings is 4. The number of rotatable bonds is 13. The molecule has 5 rings (SSSR count). The first-order valence-electron chi connectivity index (χ1n) is 13.7. The van der Waals surface area contributed by atoms with Gasteiger partial charge in [0.25, 0.3) is 5.91 Å². The number of amides is 1. The fourth-order valence-electron chi connectivity index (χ4n) is 4.82. The molecule has 4 atom stereocenters. The fraction of sp³-hybridized carbons (Fsp3) is 0.265. The second-order valence-corrected chi connectivity index (χ2v) is 10.1. The Kier molecular flexibility index (Phi) is 9.91. The quantitative estimate of drug-likeness (QED) is 0.248. The van der Waals surface area contributed by atoms with Gasteiger partial charge in [-0.05, 0) is 22.3 Å². The summed E-state index contributed by atoms with van der Waals surface area (Å²) in [5, 5.41) is 14.7. The van der Waals surface area contributed by atoms with Gasteiger partial charge in [-0.25, -0.2) is 0 Å². The minimum atomic E-state index is -1.87. The maximum absolute atomic E-state index is 13.5. The van der Waals surface area contributed by atoms with Gasteiger partial charge in [-0.3, -0.25) is 4.79 Å². The Bertz CT molecular complexity index is 1340. The number of aliphatic hydroxyl groups is 1. The van der Waals surface area contributed by atoms with E-state index in [1.807, 2.05) is 121 Å². The van der Waals surface area contributed by atoms with Crippen LogP contribution in [0.15, 0.2) is 121 Å². The van der Waals surface area contributed by atoms with Crippen molar-refractivity contribution in [3.8, 4) is 0 Å². The highest BCUT2D eigenvalue weighted by atomic mass is 16.6. The molecule has 1 amide bonds. The topological polar surface area (TPSA) is 86.3 Å². The van der Waals surface area contributed by atoms with Gasteiger partial charge in [0.1, 0.15) is 12.2 Å². The van der Waals surface area contributed by atoms with E-state index in [0.717, 1.165) is 22.3 Å². The first kappa shape index (κ1) is 28.7. The molecule has 41 heavy (non-hydrogen) atoms. The van der Waals surface area contributed by atoms with Crippen LogP contribution >= 0.6 is 0 Å². The van der Waals surface area contributed by atoms with Crippen LogP contribution < -0.4 is 5.32 Å². The largest absolute Gasteiger partial charge is 0.372 e. The average Bonchev–Trinajstić information content (AvgIpc) is 3.01. The molecule has 1 fully saturated rings. The predicted octanol–water partition coefficient (Wildman–Crippen LogP) is 4.78. The Balaban J connectivity index is 1.40. The van der Waals surface area contributed by atoms with Gasteiger partial charge in [-0.1, -0.05) is 121 Å². The van der Waals surface area contributed by atoms with Crippen LogP contribution in [0.2, 0.25) is 0 Å². The lowest BCUT2D eigenvalue weighted by atomic mass is 9.91. The van der Waals surface area contributed by atoms with E-state index in [0.29, 0.717) is 0 Å². The molecule has 7 heteroatoms. The third kappa shape index (κ3) is 7.88. The molecule has 0 aliphatic carbocycles. The number of nitrogens with one attached hydrogen (secondary N) is 1. The zero-order valence-corrected chi connectivity index (χ0v) is 22.8. The molecule has 4 aromatic rings. The molecule has 0 unspecified atom stereocenters. The summed E-state index contributed by atoms with van der Waals surface area (Å²) >= 11 is 0. The number of carbonyl (C=O) groups excluding carboxylic acids is 1. The number of piperidine rings is 1. The van der Waals surface area contributed by atoms with E-state index in [1.165, 1.54) is 0 Å². The summed E-state index contributed by atoms with van der Waals surface area (Å²) in [5.41, 5.74) is 1.83. The molecule has 1 heterocycles. The molecule has 0 saturated carbocycles. The first-order chi connectivity index (χ1) is 20.1. The van der Waals surface area contributed by atoms with Crippen LogP contribution in [-0.2, 0) is 50.2 Å². The Morgan fingerprint density at radius 2 is 1.00 bits per heavy atom. The summed E-state index contributed by atoms with van der Waals surface area (Å²) in [6.45, 7) is 0.644. The van der Waals surface area contributed by atoms with Gasteiger partial charge in [-0.15, -0.1) is 0 Å². The number of carbonyl (C=O) groups is 1. The molecule has 1 aliphatic rings. The molecule has 0 aromatic heterocycles. The van der Waals surface area contributed by atoms with Crippen LogP contribution in [-0.4, -0.2) is 41.7 Å². The van der Waals surface area contributed by atoms with Gasteiger partial charge in [0, 0.05) is 0 Å². The number of hydrogen-bond acceptors (Lipinski definition) is 6. The highest BCUT2D eigenvalue weighted by Gasteiger charge is 2.55. The summed E-state index contributed by atoms with van der Waals surface area (Å²) in [5.74, 6) is -0.496. The number of hydrogen-bond donors (Lipinski definition) is 2. The van der Waals surface area contributed by atoms with Gasteiger partial charge in [0.2, 0.25) is 0 Å². The summed E-state index contributed by atoms with van der Waals surface area (Å²) in [6.07, 6.45) is -2.96. The van der Waals surface area contributed by atoms with Crippen molar-refractivity contribution in [3.63, 3.8) is 0 Å². The highest BCUT2D eigenvalue weighted by Crippen LogP contribution is 2.30. The molecular weight excluding hydrogens is 518 g/mol. The van der Waals surface area contributed by atoms with Crippen LogP contribution in [0.1, 0.15) is 22.3 Å². The molecule has 0 spiro atoms. The normalized spacial score (nSPS) is 22.3. The lowest BCUT2D eigenvalue weighted by Gasteiger charge is -2.46. The van der Waals surface area contributed by atoms with Gasteiger partial charge in [-0.2, -0.15) is 0 Å². The SMILES string of the molecule is O=C1N[C@@](O)(COCc2ccccc2)[C@@H](OCc2ccccc2)[C@H](OCc2ccccc2)[C@H]1OCc1ccccc1. The monoisotopic (exact) mass is 553 g/mol. The summed E-state index contributed by atoms with van der Waals surface area (Å²) in [4.78, 5) is 13.5. The smallest absolute Gasteiger partial charge is 0.254 e. The average molecular weight is 554 g/mol. The van der Waals surface area contributed by atoms with Crippen molar-refractivity contribution in [1.82, 2.24) is 5.32 Å². The van der Waals surface area contributed by atoms with E-state index < -0.39 is 29.9 Å². The standard InChI is InChI=1S/C34H35NO6/c36-33-31(40-23-28-17-9-3-10-18-28)30(39-22-27-15-7-2-8-16-27)32(41-24-29-19-11-4-12-20-29)34(37,35-33)25-38-21-26-13-5-1-6-14-26/h1-20,30-32,37H,21-25H2,(H,35,36)/t30-,31-,32+,34-/m1/s1. The zero-order chi connectivity index (χ0) is 28.3. The molecule has 2 N–H and O–H groups in total. The maximum Gasteiger partial charge on any atom is 0.254 e. The van der Waals surface area contributed by atoms with E-state index in [1.54, 1.807) is 0 Å². The van der Waals surface area contributed by atoms with Crippen LogP contribution in [0.3, 0.4) is 0 Å². The van der Waals surface area contributed by atoms with Crippen LogP contribution in [0.4, 0.5) is 0 Å². The van der Waals surface area contributed by atoms with Gasteiger partial charge >= 0.3 is 0 Å². The Hall–Kier alpha value is -3.85. The van der Waals surface area contributed by atoms with Crippen molar-refractivity contribution in [2.45, 2.75) is 50.5 Å². The molecule has 0 radical (unpaired) electrons. The molecule has 4 aromatic carbocycles. The molecular formula is C34H35NO6. The second-order valence-electron chi connectivity index (χ2n) is 10.1. The molecule has 1 saturated heterocycles. The second kappa shape index (κ2) is 14.2. The van der Waals surface area contributed by atoms with Crippen molar-refractivity contribution < 1.29 is 28.8 Å². The Morgan fingerprint density at radius 1 is 0.585 bits per heavy atom. The summed E-state index contributed by atoms with van der Waals surface area (Å²) in [7, 11) is 0. The minimum absolute atomic E-state index is 0.193. The third-order valence-electron chi connectivity index (χ3n) is 6.93. The van der Waals surface area contributed by atoms with E-state index >= 15 is 0 Å². The van der Waals surface area contributed by atoms with Crippen LogP contribution in [0, 0.1) is 0 Å². The highest BCUT2D eigenvalue weighted by molar-refractivity contribution is 5.83. The van der Waals surface area contributed by atoms with E-state index in [2.05, 4.69) is 5.32 Å². The van der Waals surface area contributed by atoms with E-state index in [4.69, 9.17) is 18.9 Å². The Labute approximate surface area is 240 Å². The maximum atomic E-state index is 13.5. The fourth-order valence-corrected chi connectivity index (χ4v) is 4.82. The van der Waals surface area contributed by atoms with Gasteiger partial charge in [0.15, 0.2) is 11.8 Å². The van der Waals surface area contributed by atoms with Crippen molar-refractivity contribution in [2.75, 3.05) is 6.61 Å². The van der Waals surface area contributed by atoms with Gasteiger partial charge < -0.3 is 29.4 Å². The van der Waals surface area contributed by atoms with Crippen molar-refractivity contribution >= 4 is 5.91 Å². The lowest BCUT2D eigenvalue weighted by molar-refractivity contribution is -0.250. The van der Waals surface area contributed by atoms with Crippen molar-refractivity contribution in [1.29, 1.82) is 0 Å². The zero-order valence-electron chi connectivity index (χ0n) is 22.8. The molecule has 7 nitrogen and oxygen atoms in total. The predicted molar refractivity (Wildman–Crippen MR) is 154 cm³/mol. The van der Waals surface area contributed by atoms with Crippen molar-refractivity contribution in [3.05, 3.63) is 144 Å². The van der Waals surface area contributed by atoms with E-state index in [9.17, 15) is 9.90 Å².